The summed E-state index contributed by atoms with van der Waals surface area (Å²) in [6, 6.07) is 6.29. The molecule has 0 amide bonds. The molecule has 0 aliphatic rings. The molecule has 0 atom stereocenters. The Morgan fingerprint density at radius 3 is 2.53 bits per heavy atom. The highest BCUT2D eigenvalue weighted by atomic mass is 32.1. The zero-order chi connectivity index (χ0) is 13.1. The SMILES string of the molecule is CCc1ccc(OC)c(CC(C)(C)C(N)=S)c1. The Labute approximate surface area is 109 Å². The van der Waals surface area contributed by atoms with E-state index in [9.17, 15) is 0 Å². The first kappa shape index (κ1) is 14.0. The largest absolute Gasteiger partial charge is 0.496 e. The molecule has 0 saturated carbocycles. The van der Waals surface area contributed by atoms with Gasteiger partial charge in [-0.3, -0.25) is 0 Å². The molecule has 0 bridgehead atoms. The van der Waals surface area contributed by atoms with E-state index in [4.69, 9.17) is 22.7 Å². The van der Waals surface area contributed by atoms with Crippen molar-refractivity contribution in [3.8, 4) is 5.75 Å². The molecule has 0 spiro atoms. The molecule has 2 nitrogen and oxygen atoms in total. The summed E-state index contributed by atoms with van der Waals surface area (Å²) in [6.45, 7) is 6.27. The highest BCUT2D eigenvalue weighted by Gasteiger charge is 2.23. The Morgan fingerprint density at radius 2 is 2.06 bits per heavy atom. The molecule has 0 unspecified atom stereocenters. The summed E-state index contributed by atoms with van der Waals surface area (Å²) in [5, 5.41) is 0. The van der Waals surface area contributed by atoms with Gasteiger partial charge in [0.2, 0.25) is 0 Å². The molecule has 94 valence electrons. The third-order valence-corrected chi connectivity index (χ3v) is 3.61. The molecule has 0 fully saturated rings. The second-order valence-electron chi connectivity index (χ2n) is 4.92. The number of rotatable bonds is 5. The van der Waals surface area contributed by atoms with Crippen LogP contribution in [0.5, 0.6) is 5.75 Å². The van der Waals surface area contributed by atoms with Gasteiger partial charge in [-0.25, -0.2) is 0 Å². The van der Waals surface area contributed by atoms with Crippen LogP contribution in [0.4, 0.5) is 0 Å². The summed E-state index contributed by atoms with van der Waals surface area (Å²) in [5.74, 6) is 0.909. The molecule has 0 aliphatic heterocycles. The first-order chi connectivity index (χ1) is 7.90. The highest BCUT2D eigenvalue weighted by molar-refractivity contribution is 7.80. The Balaban J connectivity index is 3.07. The lowest BCUT2D eigenvalue weighted by atomic mass is 9.85. The van der Waals surface area contributed by atoms with E-state index in [0.29, 0.717) is 4.99 Å². The van der Waals surface area contributed by atoms with Gasteiger partial charge in [0.25, 0.3) is 0 Å². The van der Waals surface area contributed by atoms with Gasteiger partial charge in [0.1, 0.15) is 5.75 Å². The topological polar surface area (TPSA) is 35.2 Å². The van der Waals surface area contributed by atoms with Crippen LogP contribution in [0.2, 0.25) is 0 Å². The monoisotopic (exact) mass is 251 g/mol. The van der Waals surface area contributed by atoms with Crippen molar-refractivity contribution in [2.75, 3.05) is 7.11 Å². The fourth-order valence-corrected chi connectivity index (χ4v) is 1.83. The van der Waals surface area contributed by atoms with Crippen molar-refractivity contribution in [1.82, 2.24) is 0 Å². The van der Waals surface area contributed by atoms with Gasteiger partial charge >= 0.3 is 0 Å². The van der Waals surface area contributed by atoms with Crippen LogP contribution >= 0.6 is 12.2 Å². The zero-order valence-corrected chi connectivity index (χ0v) is 11.9. The number of benzene rings is 1. The van der Waals surface area contributed by atoms with Gasteiger partial charge < -0.3 is 10.5 Å². The van der Waals surface area contributed by atoms with Crippen LogP contribution in [0, 0.1) is 5.41 Å². The molecule has 3 heteroatoms. The van der Waals surface area contributed by atoms with E-state index in [1.165, 1.54) is 11.1 Å². The number of methoxy groups -OCH3 is 1. The molecule has 1 aromatic rings. The lowest BCUT2D eigenvalue weighted by Crippen LogP contribution is -2.31. The second-order valence-corrected chi connectivity index (χ2v) is 5.36. The average Bonchev–Trinajstić information content (AvgIpc) is 2.28. The molecule has 0 saturated heterocycles. The van der Waals surface area contributed by atoms with Gasteiger partial charge in [0.15, 0.2) is 0 Å². The molecule has 1 rings (SSSR count). The van der Waals surface area contributed by atoms with Crippen molar-refractivity contribution in [3.63, 3.8) is 0 Å². The van der Waals surface area contributed by atoms with Gasteiger partial charge in [-0.05, 0) is 30.0 Å². The Kier molecular flexibility index (Phi) is 4.52. The van der Waals surface area contributed by atoms with Crippen molar-refractivity contribution in [3.05, 3.63) is 29.3 Å². The third kappa shape index (κ3) is 3.43. The van der Waals surface area contributed by atoms with Gasteiger partial charge in [0.05, 0.1) is 12.1 Å². The highest BCUT2D eigenvalue weighted by Crippen LogP contribution is 2.29. The van der Waals surface area contributed by atoms with Crippen molar-refractivity contribution in [2.24, 2.45) is 11.1 Å². The molecular weight excluding hydrogens is 230 g/mol. The van der Waals surface area contributed by atoms with Crippen LogP contribution in [-0.2, 0) is 12.8 Å². The van der Waals surface area contributed by atoms with Crippen LogP contribution < -0.4 is 10.5 Å². The van der Waals surface area contributed by atoms with E-state index in [2.05, 4.69) is 32.9 Å². The van der Waals surface area contributed by atoms with Crippen LogP contribution in [-0.4, -0.2) is 12.1 Å². The molecule has 1 aromatic carbocycles. The number of aryl methyl sites for hydroxylation is 1. The molecule has 0 heterocycles. The normalized spacial score (nSPS) is 11.3. The van der Waals surface area contributed by atoms with E-state index >= 15 is 0 Å². The summed E-state index contributed by atoms with van der Waals surface area (Å²) in [5.41, 5.74) is 8.06. The minimum absolute atomic E-state index is 0.186. The van der Waals surface area contributed by atoms with Gasteiger partial charge in [-0.1, -0.05) is 45.1 Å². The maximum atomic E-state index is 5.77. The van der Waals surface area contributed by atoms with E-state index in [1.54, 1.807) is 7.11 Å². The molecular formula is C14H21NOS. The Morgan fingerprint density at radius 1 is 1.41 bits per heavy atom. The summed E-state index contributed by atoms with van der Waals surface area (Å²) >= 11 is 5.11. The van der Waals surface area contributed by atoms with E-state index in [-0.39, 0.29) is 5.41 Å². The quantitative estimate of drug-likeness (QED) is 0.817. The molecule has 2 N–H and O–H groups in total. The smallest absolute Gasteiger partial charge is 0.122 e. The first-order valence-electron chi connectivity index (χ1n) is 5.86. The number of nitrogens with two attached hydrogens (primary N) is 1. The number of hydrogen-bond donors (Lipinski definition) is 1. The Hall–Kier alpha value is -1.09. The molecule has 0 aliphatic carbocycles. The zero-order valence-electron chi connectivity index (χ0n) is 11.0. The van der Waals surface area contributed by atoms with Crippen molar-refractivity contribution < 1.29 is 4.74 Å². The van der Waals surface area contributed by atoms with Gasteiger partial charge in [-0.15, -0.1) is 0 Å². The number of hydrogen-bond acceptors (Lipinski definition) is 2. The maximum absolute atomic E-state index is 5.77. The summed E-state index contributed by atoms with van der Waals surface area (Å²) in [7, 11) is 1.69. The van der Waals surface area contributed by atoms with Crippen LogP contribution in [0.15, 0.2) is 18.2 Å². The lowest BCUT2D eigenvalue weighted by Gasteiger charge is -2.24. The predicted molar refractivity (Wildman–Crippen MR) is 76.6 cm³/mol. The predicted octanol–water partition coefficient (Wildman–Crippen LogP) is 3.11. The van der Waals surface area contributed by atoms with Gasteiger partial charge in [-0.2, -0.15) is 0 Å². The molecule has 0 aromatic heterocycles. The van der Waals surface area contributed by atoms with E-state index in [1.807, 2.05) is 6.07 Å². The summed E-state index contributed by atoms with van der Waals surface area (Å²) < 4.78 is 5.39. The third-order valence-electron chi connectivity index (χ3n) is 3.05. The van der Waals surface area contributed by atoms with E-state index < -0.39 is 0 Å². The van der Waals surface area contributed by atoms with Crippen molar-refractivity contribution in [2.45, 2.75) is 33.6 Å². The fourth-order valence-electron chi connectivity index (χ4n) is 1.75. The number of thiocarbonyl (C=S) groups is 1. The summed E-state index contributed by atoms with van der Waals surface area (Å²) in [4.78, 5) is 0.543. The lowest BCUT2D eigenvalue weighted by molar-refractivity contribution is 0.401. The van der Waals surface area contributed by atoms with Crippen LogP contribution in [0.25, 0.3) is 0 Å². The molecule has 17 heavy (non-hydrogen) atoms. The minimum Gasteiger partial charge on any atom is -0.496 e. The van der Waals surface area contributed by atoms with Gasteiger partial charge in [0, 0.05) is 5.41 Å². The second kappa shape index (κ2) is 5.50. The fraction of sp³-hybridized carbons (Fsp3) is 0.500. The molecule has 0 radical (unpaired) electrons. The van der Waals surface area contributed by atoms with Crippen LogP contribution in [0.1, 0.15) is 31.9 Å². The first-order valence-corrected chi connectivity index (χ1v) is 6.27. The summed E-state index contributed by atoms with van der Waals surface area (Å²) in [6.07, 6.45) is 1.82. The van der Waals surface area contributed by atoms with Crippen LogP contribution in [0.3, 0.4) is 0 Å². The van der Waals surface area contributed by atoms with Crippen molar-refractivity contribution >= 4 is 17.2 Å². The minimum atomic E-state index is -0.186. The average molecular weight is 251 g/mol. The Bertz CT molecular complexity index is 413. The van der Waals surface area contributed by atoms with E-state index in [0.717, 1.165) is 18.6 Å². The van der Waals surface area contributed by atoms with Crippen molar-refractivity contribution in [1.29, 1.82) is 0 Å². The number of ether oxygens (including phenoxy) is 1. The standard InChI is InChI=1S/C14H21NOS/c1-5-10-6-7-12(16-4)11(8-10)9-14(2,3)13(15)17/h6-8H,5,9H2,1-4H3,(H2,15,17). The maximum Gasteiger partial charge on any atom is 0.122 e.